The molecule has 0 aliphatic carbocycles. The Hall–Kier alpha value is -6.35. The van der Waals surface area contributed by atoms with Gasteiger partial charge in [-0.25, -0.2) is 8.42 Å². The zero-order chi connectivity index (χ0) is 41.9. The van der Waals surface area contributed by atoms with E-state index >= 15 is 8.42 Å². The lowest BCUT2D eigenvalue weighted by molar-refractivity contribution is -0.132. The number of sulfone groups is 1. The molecule has 0 fully saturated rings. The minimum atomic E-state index is -4.47. The molecule has 15 heteroatoms. The molecule has 0 saturated heterocycles. The molecule has 0 amide bonds. The predicted molar refractivity (Wildman–Crippen MR) is 213 cm³/mol. The monoisotopic (exact) mass is 806 g/mol. The van der Waals surface area contributed by atoms with E-state index in [1.54, 1.807) is 72.8 Å². The molecule has 4 aromatic carbocycles. The number of hydrogen-bond acceptors (Lipinski definition) is 14. The molecule has 0 saturated carbocycles. The Morgan fingerprint density at radius 2 is 0.737 bits per heavy atom. The number of carbonyl (C=O) groups excluding carboxylic acids is 2. The molecular formula is C42H46O14S. The highest BCUT2D eigenvalue weighted by Crippen LogP contribution is 2.48. The smallest absolute Gasteiger partial charge is 0.308 e. The summed E-state index contributed by atoms with van der Waals surface area (Å²) in [6.45, 7) is 2.54. The Morgan fingerprint density at radius 3 is 1.04 bits per heavy atom. The van der Waals surface area contributed by atoms with Crippen molar-refractivity contribution >= 4 is 33.9 Å². The second-order valence-electron chi connectivity index (χ2n) is 12.1. The summed E-state index contributed by atoms with van der Waals surface area (Å²) in [5, 5.41) is -2.86. The van der Waals surface area contributed by atoms with Crippen LogP contribution in [0.4, 0.5) is 0 Å². The van der Waals surface area contributed by atoms with Crippen LogP contribution in [0.3, 0.4) is 0 Å². The Kier molecular flexibility index (Phi) is 14.8. The van der Waals surface area contributed by atoms with Crippen LogP contribution >= 0.6 is 0 Å². The molecule has 0 bridgehead atoms. The Morgan fingerprint density at radius 1 is 0.439 bits per heavy atom. The number of ether oxygens (including phenoxy) is 10. The molecule has 0 N–H and O–H groups in total. The number of hydrogen-bond donors (Lipinski definition) is 0. The first kappa shape index (κ1) is 43.4. The maximum absolute atomic E-state index is 15.6. The van der Waals surface area contributed by atoms with Crippen LogP contribution < -0.4 is 47.4 Å². The molecule has 2 atom stereocenters. The summed E-state index contributed by atoms with van der Waals surface area (Å²) in [6, 6.07) is 15.8. The van der Waals surface area contributed by atoms with E-state index in [2.05, 4.69) is 0 Å². The van der Waals surface area contributed by atoms with Crippen molar-refractivity contribution in [3.8, 4) is 57.5 Å². The molecule has 2 unspecified atom stereocenters. The van der Waals surface area contributed by atoms with Gasteiger partial charge in [-0.05, 0) is 47.5 Å². The van der Waals surface area contributed by atoms with Crippen molar-refractivity contribution in [3.05, 3.63) is 95.1 Å². The topological polar surface area (TPSA) is 161 Å². The quantitative estimate of drug-likeness (QED) is 0.0732. The molecule has 4 aromatic rings. The van der Waals surface area contributed by atoms with Crippen LogP contribution in [0.25, 0.3) is 12.2 Å². The van der Waals surface area contributed by atoms with Crippen molar-refractivity contribution in [3.63, 3.8) is 0 Å². The minimum Gasteiger partial charge on any atom is -0.496 e. The van der Waals surface area contributed by atoms with Crippen LogP contribution in [0.2, 0.25) is 0 Å². The van der Waals surface area contributed by atoms with Gasteiger partial charge in [0, 0.05) is 37.1 Å². The Bertz CT molecular complexity index is 2090. The third-order valence-corrected chi connectivity index (χ3v) is 10.8. The molecule has 0 aliphatic rings. The molecule has 0 radical (unpaired) electrons. The fourth-order valence-corrected chi connectivity index (χ4v) is 7.93. The van der Waals surface area contributed by atoms with E-state index in [4.69, 9.17) is 47.4 Å². The van der Waals surface area contributed by atoms with Crippen molar-refractivity contribution in [2.75, 3.05) is 56.9 Å². The third kappa shape index (κ3) is 10.1. The summed E-state index contributed by atoms with van der Waals surface area (Å²) in [4.78, 5) is 23.4. The van der Waals surface area contributed by atoms with E-state index in [9.17, 15) is 9.59 Å². The molecule has 304 valence electrons. The highest BCUT2D eigenvalue weighted by molar-refractivity contribution is 7.92. The van der Waals surface area contributed by atoms with Crippen molar-refractivity contribution < 1.29 is 65.4 Å². The lowest BCUT2D eigenvalue weighted by Gasteiger charge is -2.25. The number of methoxy groups -OCH3 is 8. The molecule has 57 heavy (non-hydrogen) atoms. The fourth-order valence-electron chi connectivity index (χ4n) is 5.94. The van der Waals surface area contributed by atoms with Gasteiger partial charge in [-0.3, -0.25) is 9.59 Å². The second kappa shape index (κ2) is 19.5. The molecule has 4 rings (SSSR count). The van der Waals surface area contributed by atoms with Gasteiger partial charge in [0.1, 0.15) is 22.0 Å². The average Bonchev–Trinajstić information content (AvgIpc) is 3.20. The van der Waals surface area contributed by atoms with Gasteiger partial charge >= 0.3 is 11.9 Å². The summed E-state index contributed by atoms with van der Waals surface area (Å²) >= 11 is 0. The zero-order valence-corrected chi connectivity index (χ0v) is 34.2. The predicted octanol–water partition coefficient (Wildman–Crippen LogP) is 7.23. The fraction of sp³-hybridized carbons (Fsp3) is 0.286. The standard InChI is InChI=1S/C42H46O14S/c1-25(43)55-31-15-11-27(19-35(31)49-5)13-17-41(29-21-37(51-7)39(53-9)23-33(29)47-3)57(45,46)42(30-22-38(52-8)40(54-10)24-34(30)48-4)18-14-28-12-16-32(56-26(2)44)36(20-28)50-6/h11-24,41-42H,1-10H3. The summed E-state index contributed by atoms with van der Waals surface area (Å²) in [7, 11) is 6.98. The third-order valence-electron chi connectivity index (χ3n) is 8.60. The van der Waals surface area contributed by atoms with Crippen LogP contribution in [-0.2, 0) is 19.4 Å². The lowest BCUT2D eigenvalue weighted by atomic mass is 10.1. The lowest BCUT2D eigenvalue weighted by Crippen LogP contribution is -2.20. The summed E-state index contributed by atoms with van der Waals surface area (Å²) < 4.78 is 86.4. The summed E-state index contributed by atoms with van der Waals surface area (Å²) in [5.41, 5.74) is 1.50. The maximum Gasteiger partial charge on any atom is 0.308 e. The molecule has 14 nitrogen and oxygen atoms in total. The van der Waals surface area contributed by atoms with Crippen LogP contribution in [0.1, 0.15) is 46.6 Å². The number of rotatable bonds is 18. The minimum absolute atomic E-state index is 0.191. The van der Waals surface area contributed by atoms with Gasteiger partial charge in [-0.2, -0.15) is 0 Å². The van der Waals surface area contributed by atoms with Crippen molar-refractivity contribution in [2.45, 2.75) is 24.3 Å². The van der Waals surface area contributed by atoms with Gasteiger partial charge in [-0.1, -0.05) is 36.4 Å². The van der Waals surface area contributed by atoms with Gasteiger partial charge in [0.2, 0.25) is 0 Å². The normalized spacial score (nSPS) is 12.4. The van der Waals surface area contributed by atoms with Gasteiger partial charge < -0.3 is 47.4 Å². The van der Waals surface area contributed by atoms with Gasteiger partial charge in [0.15, 0.2) is 55.8 Å². The van der Waals surface area contributed by atoms with E-state index in [-0.39, 0.29) is 57.1 Å². The maximum atomic E-state index is 15.6. The van der Waals surface area contributed by atoms with Gasteiger partial charge in [0.25, 0.3) is 0 Å². The van der Waals surface area contributed by atoms with Gasteiger partial charge in [-0.15, -0.1) is 0 Å². The zero-order valence-electron chi connectivity index (χ0n) is 33.4. The first-order valence-corrected chi connectivity index (χ1v) is 18.8. The Labute approximate surface area is 332 Å². The molecule has 0 aliphatic heterocycles. The van der Waals surface area contributed by atoms with Crippen LogP contribution in [0, 0.1) is 0 Å². The van der Waals surface area contributed by atoms with E-state index in [0.717, 1.165) is 0 Å². The largest absolute Gasteiger partial charge is 0.496 e. The van der Waals surface area contributed by atoms with Crippen molar-refractivity contribution in [1.82, 2.24) is 0 Å². The first-order valence-electron chi connectivity index (χ1n) is 17.2. The number of benzene rings is 4. The number of carbonyl (C=O) groups is 2. The highest BCUT2D eigenvalue weighted by Gasteiger charge is 2.38. The van der Waals surface area contributed by atoms with E-state index in [1.807, 2.05) is 0 Å². The van der Waals surface area contributed by atoms with Crippen LogP contribution in [0.5, 0.6) is 57.5 Å². The van der Waals surface area contributed by atoms with Crippen molar-refractivity contribution in [2.24, 2.45) is 0 Å². The summed E-state index contributed by atoms with van der Waals surface area (Å²) in [5.74, 6) is 1.34. The average molecular weight is 807 g/mol. The SMILES string of the molecule is COc1cc(OC)c(C(C=Cc2ccc(OC(C)=O)c(OC)c2)S(=O)(=O)C(C=Cc2ccc(OC(C)=O)c(OC)c2)c2cc(OC)c(OC)cc2OC)cc1OC. The first-order chi connectivity index (χ1) is 27.3. The van der Waals surface area contributed by atoms with E-state index < -0.39 is 32.3 Å². The highest BCUT2D eigenvalue weighted by atomic mass is 32.2. The molecule has 0 aromatic heterocycles. The van der Waals surface area contributed by atoms with Gasteiger partial charge in [0.05, 0.1) is 56.9 Å². The molecule has 0 heterocycles. The van der Waals surface area contributed by atoms with Crippen molar-refractivity contribution in [1.29, 1.82) is 0 Å². The summed E-state index contributed by atoms with van der Waals surface area (Å²) in [6.07, 6.45) is 6.21. The molecule has 0 spiro atoms. The van der Waals surface area contributed by atoms with Crippen LogP contribution in [-0.4, -0.2) is 77.2 Å². The second-order valence-corrected chi connectivity index (χ2v) is 14.2. The van der Waals surface area contributed by atoms with E-state index in [1.165, 1.54) is 82.9 Å². The Balaban J connectivity index is 2.05. The number of esters is 2. The van der Waals surface area contributed by atoms with E-state index in [0.29, 0.717) is 22.6 Å². The molecular weight excluding hydrogens is 761 g/mol. The van der Waals surface area contributed by atoms with Crippen LogP contribution in [0.15, 0.2) is 72.8 Å².